The first-order valence-corrected chi connectivity index (χ1v) is 7.06. The first kappa shape index (κ1) is 16.0. The third-order valence-corrected chi connectivity index (χ3v) is 3.56. The molecule has 0 aromatic heterocycles. The molecule has 0 aliphatic carbocycles. The number of likely N-dealkylation sites (tertiary alicyclic amines) is 1. The molecular formula is C14H26N2O3. The second-order valence-electron chi connectivity index (χ2n) is 5.98. The molecular weight excluding hydrogens is 244 g/mol. The van der Waals surface area contributed by atoms with Crippen LogP contribution in [0.25, 0.3) is 0 Å². The van der Waals surface area contributed by atoms with E-state index in [9.17, 15) is 9.59 Å². The molecule has 1 aliphatic heterocycles. The van der Waals surface area contributed by atoms with E-state index in [2.05, 4.69) is 13.8 Å². The van der Waals surface area contributed by atoms with E-state index in [1.165, 1.54) is 6.42 Å². The molecule has 0 aromatic carbocycles. The maximum atomic E-state index is 12.2. The molecule has 2 atom stereocenters. The first-order chi connectivity index (χ1) is 8.88. The van der Waals surface area contributed by atoms with Crippen molar-refractivity contribution in [2.75, 3.05) is 33.2 Å². The van der Waals surface area contributed by atoms with E-state index in [1.807, 2.05) is 16.8 Å². The SMILES string of the molecule is CC1CC(C)CN(C(=O)CN(C)CCCC(=O)O)C1. The van der Waals surface area contributed by atoms with Gasteiger partial charge in [-0.15, -0.1) is 0 Å². The van der Waals surface area contributed by atoms with Gasteiger partial charge in [-0.25, -0.2) is 0 Å². The average Bonchev–Trinajstić information content (AvgIpc) is 2.26. The number of nitrogens with zero attached hydrogens (tertiary/aromatic N) is 2. The Hall–Kier alpha value is -1.10. The summed E-state index contributed by atoms with van der Waals surface area (Å²) in [6.45, 7) is 7.12. The highest BCUT2D eigenvalue weighted by Gasteiger charge is 2.25. The number of carbonyl (C=O) groups excluding carboxylic acids is 1. The summed E-state index contributed by atoms with van der Waals surface area (Å²) in [5.41, 5.74) is 0. The van der Waals surface area contributed by atoms with Crippen LogP contribution in [0.3, 0.4) is 0 Å². The summed E-state index contributed by atoms with van der Waals surface area (Å²) in [5, 5.41) is 8.58. The predicted octanol–water partition coefficient (Wildman–Crippen LogP) is 1.29. The maximum absolute atomic E-state index is 12.2. The van der Waals surface area contributed by atoms with Crippen molar-refractivity contribution >= 4 is 11.9 Å². The lowest BCUT2D eigenvalue weighted by Crippen LogP contribution is -2.46. The van der Waals surface area contributed by atoms with Gasteiger partial charge in [0.1, 0.15) is 0 Å². The molecule has 1 aliphatic rings. The Morgan fingerprint density at radius 1 is 1.26 bits per heavy atom. The highest BCUT2D eigenvalue weighted by Crippen LogP contribution is 2.20. The molecule has 19 heavy (non-hydrogen) atoms. The summed E-state index contributed by atoms with van der Waals surface area (Å²) in [4.78, 5) is 26.5. The molecule has 5 nitrogen and oxygen atoms in total. The Labute approximate surface area is 115 Å². The normalized spacial score (nSPS) is 23.7. The smallest absolute Gasteiger partial charge is 0.303 e. The van der Waals surface area contributed by atoms with Crippen LogP contribution in [0.4, 0.5) is 0 Å². The van der Waals surface area contributed by atoms with Gasteiger partial charge in [0.2, 0.25) is 5.91 Å². The third kappa shape index (κ3) is 6.05. The van der Waals surface area contributed by atoms with Crippen LogP contribution in [0.5, 0.6) is 0 Å². The fraction of sp³-hybridized carbons (Fsp3) is 0.857. The summed E-state index contributed by atoms with van der Waals surface area (Å²) in [6.07, 6.45) is 1.94. The molecule has 1 rings (SSSR count). The van der Waals surface area contributed by atoms with Crippen LogP contribution in [0, 0.1) is 11.8 Å². The topological polar surface area (TPSA) is 60.9 Å². The molecule has 0 spiro atoms. The molecule has 2 unspecified atom stereocenters. The Balaban J connectivity index is 2.31. The number of piperidine rings is 1. The van der Waals surface area contributed by atoms with Crippen LogP contribution in [0.2, 0.25) is 0 Å². The summed E-state index contributed by atoms with van der Waals surface area (Å²) in [6, 6.07) is 0. The van der Waals surface area contributed by atoms with Crippen LogP contribution < -0.4 is 0 Å². The van der Waals surface area contributed by atoms with Gasteiger partial charge >= 0.3 is 5.97 Å². The third-order valence-electron chi connectivity index (χ3n) is 3.56. The summed E-state index contributed by atoms with van der Waals surface area (Å²) >= 11 is 0. The van der Waals surface area contributed by atoms with E-state index in [4.69, 9.17) is 5.11 Å². The number of hydrogen-bond acceptors (Lipinski definition) is 3. The summed E-state index contributed by atoms with van der Waals surface area (Å²) in [5.74, 6) is 0.532. The number of carbonyl (C=O) groups is 2. The lowest BCUT2D eigenvalue weighted by Gasteiger charge is -2.35. The van der Waals surface area contributed by atoms with E-state index in [0.29, 0.717) is 31.3 Å². The molecule has 5 heteroatoms. The maximum Gasteiger partial charge on any atom is 0.303 e. The van der Waals surface area contributed by atoms with Crippen molar-refractivity contribution in [3.63, 3.8) is 0 Å². The standard InChI is InChI=1S/C14H26N2O3/c1-11-7-12(2)9-16(8-11)13(17)10-15(3)6-4-5-14(18)19/h11-12H,4-10H2,1-3H3,(H,18,19). The molecule has 0 aromatic rings. The second kappa shape index (κ2) is 7.48. The average molecular weight is 270 g/mol. The van der Waals surface area contributed by atoms with E-state index in [1.54, 1.807) is 0 Å². The van der Waals surface area contributed by atoms with E-state index >= 15 is 0 Å². The van der Waals surface area contributed by atoms with Gasteiger partial charge < -0.3 is 10.0 Å². The quantitative estimate of drug-likeness (QED) is 0.790. The molecule has 110 valence electrons. The van der Waals surface area contributed by atoms with Crippen LogP contribution >= 0.6 is 0 Å². The molecule has 1 heterocycles. The summed E-state index contributed by atoms with van der Waals surface area (Å²) in [7, 11) is 1.87. The molecule has 1 saturated heterocycles. The minimum Gasteiger partial charge on any atom is -0.481 e. The zero-order valence-electron chi connectivity index (χ0n) is 12.3. The van der Waals surface area contributed by atoms with Crippen molar-refractivity contribution in [3.8, 4) is 0 Å². The van der Waals surface area contributed by atoms with Crippen LogP contribution in [-0.2, 0) is 9.59 Å². The molecule has 0 saturated carbocycles. The fourth-order valence-electron chi connectivity index (χ4n) is 2.78. The van der Waals surface area contributed by atoms with Gasteiger partial charge in [0.15, 0.2) is 0 Å². The molecule has 1 amide bonds. The van der Waals surface area contributed by atoms with E-state index in [-0.39, 0.29) is 12.3 Å². The molecule has 1 N–H and O–H groups in total. The van der Waals surface area contributed by atoms with E-state index in [0.717, 1.165) is 13.1 Å². The molecule has 0 bridgehead atoms. The van der Waals surface area contributed by atoms with Gasteiger partial charge in [-0.2, -0.15) is 0 Å². The number of carboxylic acids is 1. The summed E-state index contributed by atoms with van der Waals surface area (Å²) < 4.78 is 0. The Bertz CT molecular complexity index is 310. The number of amides is 1. The minimum absolute atomic E-state index is 0.163. The van der Waals surface area contributed by atoms with Gasteiger partial charge in [0, 0.05) is 19.5 Å². The Morgan fingerprint density at radius 2 is 1.84 bits per heavy atom. The second-order valence-corrected chi connectivity index (χ2v) is 5.98. The van der Waals surface area contributed by atoms with Gasteiger partial charge in [-0.05, 0) is 38.3 Å². The van der Waals surface area contributed by atoms with Crippen LogP contribution in [0.1, 0.15) is 33.1 Å². The Kier molecular flexibility index (Phi) is 6.28. The zero-order valence-corrected chi connectivity index (χ0v) is 12.3. The largest absolute Gasteiger partial charge is 0.481 e. The molecule has 0 radical (unpaired) electrons. The van der Waals surface area contributed by atoms with E-state index < -0.39 is 5.97 Å². The predicted molar refractivity (Wildman–Crippen MR) is 73.9 cm³/mol. The monoisotopic (exact) mass is 270 g/mol. The Morgan fingerprint density at radius 3 is 2.37 bits per heavy atom. The number of likely N-dealkylation sites (N-methyl/N-ethyl adjacent to an activating group) is 1. The number of hydrogen-bond donors (Lipinski definition) is 1. The molecule has 1 fully saturated rings. The van der Waals surface area contributed by atoms with Gasteiger partial charge in [0.05, 0.1) is 6.54 Å². The number of rotatable bonds is 6. The van der Waals surface area contributed by atoms with Crippen molar-refractivity contribution in [2.24, 2.45) is 11.8 Å². The van der Waals surface area contributed by atoms with Crippen molar-refractivity contribution in [1.29, 1.82) is 0 Å². The highest BCUT2D eigenvalue weighted by atomic mass is 16.4. The lowest BCUT2D eigenvalue weighted by molar-refractivity contribution is -0.137. The number of carboxylic acid groups (broad SMARTS) is 1. The van der Waals surface area contributed by atoms with Crippen molar-refractivity contribution in [2.45, 2.75) is 33.1 Å². The zero-order chi connectivity index (χ0) is 14.4. The first-order valence-electron chi connectivity index (χ1n) is 7.06. The van der Waals surface area contributed by atoms with Crippen LogP contribution in [-0.4, -0.2) is 60.0 Å². The fourth-order valence-corrected chi connectivity index (χ4v) is 2.78. The van der Waals surface area contributed by atoms with Crippen molar-refractivity contribution in [3.05, 3.63) is 0 Å². The van der Waals surface area contributed by atoms with Gasteiger partial charge in [-0.3, -0.25) is 14.5 Å². The van der Waals surface area contributed by atoms with Crippen LogP contribution in [0.15, 0.2) is 0 Å². The van der Waals surface area contributed by atoms with Crippen molar-refractivity contribution in [1.82, 2.24) is 9.80 Å². The van der Waals surface area contributed by atoms with Gasteiger partial charge in [0.25, 0.3) is 0 Å². The lowest BCUT2D eigenvalue weighted by atomic mass is 9.92. The highest BCUT2D eigenvalue weighted by molar-refractivity contribution is 5.78. The number of aliphatic carboxylic acids is 1. The van der Waals surface area contributed by atoms with Gasteiger partial charge in [-0.1, -0.05) is 13.8 Å². The minimum atomic E-state index is -0.779. The van der Waals surface area contributed by atoms with Crippen molar-refractivity contribution < 1.29 is 14.7 Å².